The second-order valence-corrected chi connectivity index (χ2v) is 6.44. The summed E-state index contributed by atoms with van der Waals surface area (Å²) in [5, 5.41) is 6.55. The van der Waals surface area contributed by atoms with Gasteiger partial charge in [0.15, 0.2) is 0 Å². The molecule has 0 aliphatic heterocycles. The summed E-state index contributed by atoms with van der Waals surface area (Å²) in [7, 11) is 1.48. The van der Waals surface area contributed by atoms with Gasteiger partial charge in [-0.05, 0) is 12.5 Å². The number of benzene rings is 1. The van der Waals surface area contributed by atoms with Crippen molar-refractivity contribution in [2.75, 3.05) is 0 Å². The number of rotatable bonds is 8. The number of hydrogen-bond acceptors (Lipinski definition) is 4. The van der Waals surface area contributed by atoms with Gasteiger partial charge in [0.1, 0.15) is 17.3 Å². The normalized spacial score (nSPS) is 13.2. The lowest BCUT2D eigenvalue weighted by atomic mass is 10.2. The van der Waals surface area contributed by atoms with Crippen LogP contribution in [0.4, 0.5) is 30.7 Å². The van der Waals surface area contributed by atoms with Gasteiger partial charge in [-0.25, -0.2) is 13.5 Å². The van der Waals surface area contributed by atoms with Gasteiger partial charge in [0, 0.05) is 25.2 Å². The fourth-order valence-corrected chi connectivity index (χ4v) is 2.79. The molecule has 0 saturated carbocycles. The Morgan fingerprint density at radius 2 is 1.94 bits per heavy atom. The third-order valence-corrected chi connectivity index (χ3v) is 4.22. The number of halogens is 8. The molecule has 0 fully saturated rings. The lowest BCUT2D eigenvalue weighted by molar-refractivity contribution is -0.411. The van der Waals surface area contributed by atoms with E-state index in [1.54, 1.807) is 6.92 Å². The molecule has 1 amide bonds. The van der Waals surface area contributed by atoms with Crippen LogP contribution in [0.3, 0.4) is 0 Å². The minimum atomic E-state index is -5.67. The fraction of sp³-hybridized carbons (Fsp3) is 0.412. The summed E-state index contributed by atoms with van der Waals surface area (Å²) < 4.78 is 97.2. The molecule has 172 valence electrons. The molecule has 1 unspecified atom stereocenters. The Balaban J connectivity index is 2.06. The van der Waals surface area contributed by atoms with Crippen LogP contribution in [0.25, 0.3) is 0 Å². The molecule has 1 atom stereocenters. The number of ether oxygens (including phenoxy) is 2. The number of aromatic nitrogens is 2. The first-order valence-electron chi connectivity index (χ1n) is 8.48. The van der Waals surface area contributed by atoms with E-state index >= 15 is 0 Å². The molecule has 0 saturated heterocycles. The van der Waals surface area contributed by atoms with Crippen molar-refractivity contribution in [3.8, 4) is 5.75 Å². The minimum Gasteiger partial charge on any atom is -0.428 e. The van der Waals surface area contributed by atoms with E-state index in [-0.39, 0.29) is 16.3 Å². The lowest BCUT2D eigenvalue weighted by Gasteiger charge is -2.22. The number of amides is 1. The van der Waals surface area contributed by atoms with Gasteiger partial charge in [-0.2, -0.15) is 13.9 Å². The van der Waals surface area contributed by atoms with E-state index < -0.39 is 42.8 Å². The number of alkyl halides is 6. The third-order valence-electron chi connectivity index (χ3n) is 3.82. The van der Waals surface area contributed by atoms with Gasteiger partial charge in [0.2, 0.25) is 0 Å². The number of aryl methyl sites for hydroxylation is 2. The predicted octanol–water partition coefficient (Wildman–Crippen LogP) is 4.51. The molecule has 2 rings (SSSR count). The van der Waals surface area contributed by atoms with E-state index in [2.05, 4.69) is 19.9 Å². The Labute approximate surface area is 175 Å². The zero-order valence-electron chi connectivity index (χ0n) is 15.9. The maximum atomic E-state index is 14.1. The molecule has 1 N–H and O–H groups in total. The summed E-state index contributed by atoms with van der Waals surface area (Å²) in [5.41, 5.74) is 0.321. The molecule has 1 aromatic heterocycles. The van der Waals surface area contributed by atoms with Crippen LogP contribution < -0.4 is 10.1 Å². The average Bonchev–Trinajstić information content (AvgIpc) is 2.92. The summed E-state index contributed by atoms with van der Waals surface area (Å²) in [6.45, 7) is 1.38. The Morgan fingerprint density at radius 1 is 1.29 bits per heavy atom. The minimum absolute atomic E-state index is 0.0252. The molecule has 31 heavy (non-hydrogen) atoms. The largest absolute Gasteiger partial charge is 0.525 e. The maximum Gasteiger partial charge on any atom is 0.525 e. The summed E-state index contributed by atoms with van der Waals surface area (Å²) in [6, 6.07) is 2.06. The summed E-state index contributed by atoms with van der Waals surface area (Å²) in [6.07, 6.45) is -14.4. The molecule has 0 aliphatic rings. The lowest BCUT2D eigenvalue weighted by Crippen LogP contribution is -2.41. The van der Waals surface area contributed by atoms with Gasteiger partial charge in [-0.1, -0.05) is 24.6 Å². The second kappa shape index (κ2) is 9.30. The fourth-order valence-electron chi connectivity index (χ4n) is 2.41. The molecular formula is C17H15ClF7N3O3. The summed E-state index contributed by atoms with van der Waals surface area (Å²) in [4.78, 5) is 12.3. The van der Waals surface area contributed by atoms with Gasteiger partial charge in [0.25, 0.3) is 5.91 Å². The van der Waals surface area contributed by atoms with Gasteiger partial charge in [0.05, 0.1) is 10.7 Å². The van der Waals surface area contributed by atoms with E-state index in [0.29, 0.717) is 18.2 Å². The molecule has 1 heterocycles. The number of hydrogen-bond donors (Lipinski definition) is 1. The highest BCUT2D eigenvalue weighted by molar-refractivity contribution is 6.34. The zero-order chi connectivity index (χ0) is 23.6. The molecule has 1 aromatic carbocycles. The predicted molar refractivity (Wildman–Crippen MR) is 92.8 cm³/mol. The molecule has 2 aromatic rings. The van der Waals surface area contributed by atoms with Crippen LogP contribution in [0.2, 0.25) is 5.02 Å². The number of carbonyl (C=O) groups is 1. The number of carbonyl (C=O) groups excluding carboxylic acids is 1. The highest BCUT2D eigenvalue weighted by Crippen LogP contribution is 2.32. The Kier molecular flexibility index (Phi) is 7.42. The molecule has 0 bridgehead atoms. The molecular weight excluding hydrogens is 463 g/mol. The first-order chi connectivity index (χ1) is 14.2. The standard InChI is InChI=1S/C17H15ClF7N3O3/c1-3-11-12(18)13(28(2)27-11)14(29)26-7-8-4-5-9(6-10(8)19)30-16(21,22)15(20)31-17(23,24)25/h4-6,15H,3,7H2,1-2H3,(H,26,29). The van der Waals surface area contributed by atoms with Crippen LogP contribution in [0.15, 0.2) is 18.2 Å². The Hall–Kier alpha value is -2.54. The van der Waals surface area contributed by atoms with Crippen LogP contribution in [0.1, 0.15) is 28.7 Å². The van der Waals surface area contributed by atoms with Crippen LogP contribution in [0.5, 0.6) is 5.75 Å². The highest BCUT2D eigenvalue weighted by atomic mass is 35.5. The Morgan fingerprint density at radius 3 is 2.45 bits per heavy atom. The first kappa shape index (κ1) is 24.7. The zero-order valence-corrected chi connectivity index (χ0v) is 16.6. The van der Waals surface area contributed by atoms with E-state index in [1.807, 2.05) is 0 Å². The van der Waals surface area contributed by atoms with E-state index in [0.717, 1.165) is 12.1 Å². The van der Waals surface area contributed by atoms with Gasteiger partial charge >= 0.3 is 18.8 Å². The van der Waals surface area contributed by atoms with Crippen molar-refractivity contribution in [2.45, 2.75) is 38.7 Å². The molecule has 0 radical (unpaired) electrons. The monoisotopic (exact) mass is 477 g/mol. The first-order valence-corrected chi connectivity index (χ1v) is 8.86. The van der Waals surface area contributed by atoms with Crippen LogP contribution in [0, 0.1) is 5.82 Å². The number of nitrogens with one attached hydrogen (secondary N) is 1. The molecule has 6 nitrogen and oxygen atoms in total. The molecule has 0 aliphatic carbocycles. The van der Waals surface area contributed by atoms with Crippen molar-refractivity contribution in [1.29, 1.82) is 0 Å². The maximum absolute atomic E-state index is 14.1. The van der Waals surface area contributed by atoms with E-state index in [1.165, 1.54) is 11.7 Å². The summed E-state index contributed by atoms with van der Waals surface area (Å²) >= 11 is 6.07. The summed E-state index contributed by atoms with van der Waals surface area (Å²) in [5.74, 6) is -2.80. The second-order valence-electron chi connectivity index (χ2n) is 6.07. The van der Waals surface area contributed by atoms with Crippen molar-refractivity contribution in [3.05, 3.63) is 46.0 Å². The van der Waals surface area contributed by atoms with Crippen molar-refractivity contribution < 1.29 is 45.0 Å². The third kappa shape index (κ3) is 6.23. The smallest absolute Gasteiger partial charge is 0.428 e. The number of nitrogens with zero attached hydrogens (tertiary/aromatic N) is 2. The van der Waals surface area contributed by atoms with Crippen molar-refractivity contribution in [3.63, 3.8) is 0 Å². The molecule has 0 spiro atoms. The van der Waals surface area contributed by atoms with Gasteiger partial charge in [-0.3, -0.25) is 9.48 Å². The van der Waals surface area contributed by atoms with Crippen LogP contribution in [-0.2, 0) is 24.8 Å². The van der Waals surface area contributed by atoms with Gasteiger partial charge in [-0.15, -0.1) is 13.2 Å². The Bertz CT molecular complexity index is 950. The SMILES string of the molecule is CCc1nn(C)c(C(=O)NCc2ccc(OC(F)(F)C(F)OC(F)(F)F)cc2F)c1Cl. The van der Waals surface area contributed by atoms with Gasteiger partial charge < -0.3 is 10.1 Å². The van der Waals surface area contributed by atoms with Crippen molar-refractivity contribution in [1.82, 2.24) is 15.1 Å². The molecule has 14 heteroatoms. The highest BCUT2D eigenvalue weighted by Gasteiger charge is 2.50. The average molecular weight is 478 g/mol. The van der Waals surface area contributed by atoms with Crippen molar-refractivity contribution >= 4 is 17.5 Å². The topological polar surface area (TPSA) is 65.4 Å². The van der Waals surface area contributed by atoms with Crippen molar-refractivity contribution in [2.24, 2.45) is 7.05 Å². The quantitative estimate of drug-likeness (QED) is 0.568. The van der Waals surface area contributed by atoms with E-state index in [9.17, 15) is 35.5 Å². The van der Waals surface area contributed by atoms with Crippen LogP contribution in [-0.4, -0.2) is 34.5 Å². The van der Waals surface area contributed by atoms with E-state index in [4.69, 9.17) is 11.6 Å². The van der Waals surface area contributed by atoms with Crippen LogP contribution >= 0.6 is 11.6 Å².